The second kappa shape index (κ2) is 7.29. The fourth-order valence-electron chi connectivity index (χ4n) is 3.05. The van der Waals surface area contributed by atoms with E-state index in [1.54, 1.807) is 7.11 Å². The van der Waals surface area contributed by atoms with Crippen molar-refractivity contribution in [2.75, 3.05) is 7.11 Å². The van der Waals surface area contributed by atoms with Crippen molar-refractivity contribution < 1.29 is 19.4 Å². The summed E-state index contributed by atoms with van der Waals surface area (Å²) >= 11 is 0. The second-order valence-electron chi connectivity index (χ2n) is 5.84. The van der Waals surface area contributed by atoms with Gasteiger partial charge in [-0.05, 0) is 37.5 Å². The molecule has 1 amide bonds. The lowest BCUT2D eigenvalue weighted by molar-refractivity contribution is -0.149. The Balaban J connectivity index is 2.04. The van der Waals surface area contributed by atoms with Crippen molar-refractivity contribution in [3.05, 3.63) is 29.8 Å². The molecule has 120 valence electrons. The zero-order valence-corrected chi connectivity index (χ0v) is 13.0. The molecule has 5 nitrogen and oxygen atoms in total. The zero-order chi connectivity index (χ0) is 16.1. The van der Waals surface area contributed by atoms with Crippen molar-refractivity contribution in [1.82, 2.24) is 5.32 Å². The predicted molar refractivity (Wildman–Crippen MR) is 82.6 cm³/mol. The first-order chi connectivity index (χ1) is 10.5. The van der Waals surface area contributed by atoms with E-state index >= 15 is 0 Å². The van der Waals surface area contributed by atoms with Gasteiger partial charge in [0, 0.05) is 0 Å². The number of carbonyl (C=O) groups excluding carboxylic acids is 1. The highest BCUT2D eigenvalue weighted by Gasteiger charge is 2.36. The molecular weight excluding hydrogens is 282 g/mol. The molecule has 22 heavy (non-hydrogen) atoms. The van der Waals surface area contributed by atoms with Gasteiger partial charge in [-0.2, -0.15) is 0 Å². The van der Waals surface area contributed by atoms with Crippen molar-refractivity contribution >= 4 is 11.9 Å². The van der Waals surface area contributed by atoms with Crippen LogP contribution in [-0.4, -0.2) is 24.1 Å². The molecule has 3 unspecified atom stereocenters. The first-order valence-corrected chi connectivity index (χ1v) is 7.70. The van der Waals surface area contributed by atoms with Gasteiger partial charge in [0.25, 0.3) is 0 Å². The van der Waals surface area contributed by atoms with E-state index in [1.165, 1.54) is 0 Å². The minimum Gasteiger partial charge on any atom is -0.497 e. The molecule has 1 fully saturated rings. The Morgan fingerprint density at radius 1 is 1.27 bits per heavy atom. The number of carboxylic acid groups (broad SMARTS) is 1. The fourth-order valence-corrected chi connectivity index (χ4v) is 3.05. The Morgan fingerprint density at radius 3 is 2.59 bits per heavy atom. The smallest absolute Gasteiger partial charge is 0.307 e. The van der Waals surface area contributed by atoms with Gasteiger partial charge in [-0.25, -0.2) is 0 Å². The maximum atomic E-state index is 12.4. The molecule has 1 aliphatic rings. The number of amides is 1. The molecule has 0 aromatic heterocycles. The summed E-state index contributed by atoms with van der Waals surface area (Å²) in [5.41, 5.74) is 0.940. The molecule has 1 saturated carbocycles. The Kier molecular flexibility index (Phi) is 5.41. The number of ether oxygens (including phenoxy) is 1. The molecule has 1 aromatic rings. The van der Waals surface area contributed by atoms with Crippen LogP contribution in [0.4, 0.5) is 0 Å². The summed E-state index contributed by atoms with van der Waals surface area (Å²) in [4.78, 5) is 23.8. The van der Waals surface area contributed by atoms with E-state index in [-0.39, 0.29) is 11.9 Å². The van der Waals surface area contributed by atoms with Crippen LogP contribution in [0.1, 0.15) is 44.2 Å². The average molecular weight is 305 g/mol. The number of rotatable bonds is 5. The van der Waals surface area contributed by atoms with E-state index < -0.39 is 17.8 Å². The van der Waals surface area contributed by atoms with E-state index in [4.69, 9.17) is 4.74 Å². The van der Waals surface area contributed by atoms with Crippen molar-refractivity contribution in [3.63, 3.8) is 0 Å². The average Bonchev–Trinajstić information content (AvgIpc) is 2.54. The standard InChI is InChI=1S/C17H23NO4/c1-11(12-6-5-7-13(10-12)22-2)18-16(19)14-8-3-4-9-15(14)17(20)21/h5-7,10-11,14-15H,3-4,8-9H2,1-2H3,(H,18,19)(H,20,21). The van der Waals surface area contributed by atoms with Crippen LogP contribution in [0.5, 0.6) is 5.75 Å². The summed E-state index contributed by atoms with van der Waals surface area (Å²) in [7, 11) is 1.60. The van der Waals surface area contributed by atoms with E-state index in [1.807, 2.05) is 31.2 Å². The summed E-state index contributed by atoms with van der Waals surface area (Å²) in [6.45, 7) is 1.89. The molecule has 1 aliphatic carbocycles. The molecule has 0 radical (unpaired) electrons. The Labute approximate surface area is 130 Å². The second-order valence-corrected chi connectivity index (χ2v) is 5.84. The van der Waals surface area contributed by atoms with Gasteiger partial charge in [0.15, 0.2) is 0 Å². The highest BCUT2D eigenvalue weighted by atomic mass is 16.5. The van der Waals surface area contributed by atoms with Crippen molar-refractivity contribution in [1.29, 1.82) is 0 Å². The Bertz CT molecular complexity index is 543. The van der Waals surface area contributed by atoms with Crippen LogP contribution in [0.25, 0.3) is 0 Å². The molecule has 1 aromatic carbocycles. The van der Waals surface area contributed by atoms with E-state index in [0.29, 0.717) is 12.8 Å². The van der Waals surface area contributed by atoms with Gasteiger partial charge in [-0.1, -0.05) is 25.0 Å². The number of hydrogen-bond donors (Lipinski definition) is 2. The molecule has 0 saturated heterocycles. The van der Waals surface area contributed by atoms with Gasteiger partial charge < -0.3 is 15.2 Å². The lowest BCUT2D eigenvalue weighted by Gasteiger charge is -2.28. The summed E-state index contributed by atoms with van der Waals surface area (Å²) in [6, 6.07) is 7.33. The van der Waals surface area contributed by atoms with E-state index in [2.05, 4.69) is 5.32 Å². The normalized spacial score (nSPS) is 22.6. The maximum Gasteiger partial charge on any atom is 0.307 e. The zero-order valence-electron chi connectivity index (χ0n) is 13.0. The Hall–Kier alpha value is -2.04. The first-order valence-electron chi connectivity index (χ1n) is 7.70. The highest BCUT2D eigenvalue weighted by molar-refractivity contribution is 5.85. The topological polar surface area (TPSA) is 75.6 Å². The predicted octanol–water partition coefficient (Wildman–Crippen LogP) is 2.76. The van der Waals surface area contributed by atoms with Crippen molar-refractivity contribution in [3.8, 4) is 5.75 Å². The number of carboxylic acids is 1. The fraction of sp³-hybridized carbons (Fsp3) is 0.529. The van der Waals surface area contributed by atoms with E-state index in [9.17, 15) is 14.7 Å². The number of methoxy groups -OCH3 is 1. The highest BCUT2D eigenvalue weighted by Crippen LogP contribution is 2.31. The van der Waals surface area contributed by atoms with Crippen LogP contribution in [0.2, 0.25) is 0 Å². The molecule has 0 aliphatic heterocycles. The van der Waals surface area contributed by atoms with Gasteiger partial charge in [0.05, 0.1) is 25.0 Å². The number of carbonyl (C=O) groups is 2. The summed E-state index contributed by atoms with van der Waals surface area (Å²) in [5, 5.41) is 12.2. The number of nitrogens with one attached hydrogen (secondary N) is 1. The third-order valence-electron chi connectivity index (χ3n) is 4.37. The quantitative estimate of drug-likeness (QED) is 0.877. The monoisotopic (exact) mass is 305 g/mol. The molecule has 5 heteroatoms. The van der Waals surface area contributed by atoms with Gasteiger partial charge in [-0.15, -0.1) is 0 Å². The van der Waals surface area contributed by atoms with Crippen LogP contribution < -0.4 is 10.1 Å². The van der Waals surface area contributed by atoms with Gasteiger partial charge >= 0.3 is 5.97 Å². The number of aliphatic carboxylic acids is 1. The summed E-state index contributed by atoms with van der Waals surface area (Å²) in [5.74, 6) is -1.29. The van der Waals surface area contributed by atoms with Crippen molar-refractivity contribution in [2.24, 2.45) is 11.8 Å². The molecule has 0 heterocycles. The van der Waals surface area contributed by atoms with Crippen LogP contribution >= 0.6 is 0 Å². The summed E-state index contributed by atoms with van der Waals surface area (Å²) < 4.78 is 5.18. The molecule has 2 rings (SSSR count). The van der Waals surface area contributed by atoms with Crippen molar-refractivity contribution in [2.45, 2.75) is 38.6 Å². The lowest BCUT2D eigenvalue weighted by Crippen LogP contribution is -2.40. The molecule has 0 bridgehead atoms. The molecule has 2 N–H and O–H groups in total. The lowest BCUT2D eigenvalue weighted by atomic mass is 9.78. The van der Waals surface area contributed by atoms with Crippen LogP contribution in [-0.2, 0) is 9.59 Å². The SMILES string of the molecule is COc1cccc(C(C)NC(=O)C2CCCCC2C(=O)O)c1. The first kappa shape index (κ1) is 16.3. The van der Waals surface area contributed by atoms with Gasteiger partial charge in [0.1, 0.15) is 5.75 Å². The molecule has 0 spiro atoms. The minimum atomic E-state index is -0.867. The maximum absolute atomic E-state index is 12.4. The van der Waals surface area contributed by atoms with Crippen LogP contribution in [0.3, 0.4) is 0 Å². The third-order valence-corrected chi connectivity index (χ3v) is 4.37. The van der Waals surface area contributed by atoms with Gasteiger partial charge in [-0.3, -0.25) is 9.59 Å². The third kappa shape index (κ3) is 3.78. The number of hydrogen-bond acceptors (Lipinski definition) is 3. The van der Waals surface area contributed by atoms with Crippen LogP contribution in [0, 0.1) is 11.8 Å². The largest absolute Gasteiger partial charge is 0.497 e. The molecule has 3 atom stereocenters. The molecular formula is C17H23NO4. The van der Waals surface area contributed by atoms with Gasteiger partial charge in [0.2, 0.25) is 5.91 Å². The Morgan fingerprint density at radius 2 is 1.95 bits per heavy atom. The number of benzene rings is 1. The summed E-state index contributed by atoms with van der Waals surface area (Å²) in [6.07, 6.45) is 3.02. The van der Waals surface area contributed by atoms with E-state index in [0.717, 1.165) is 24.2 Å². The van der Waals surface area contributed by atoms with Crippen LogP contribution in [0.15, 0.2) is 24.3 Å². The minimum absolute atomic E-state index is 0.164.